The maximum atomic E-state index is 14.9. The Morgan fingerprint density at radius 1 is 1.24 bits per heavy atom. The lowest BCUT2D eigenvalue weighted by Crippen LogP contribution is -2.33. The van der Waals surface area contributed by atoms with Crippen molar-refractivity contribution >= 4 is 29.1 Å². The van der Waals surface area contributed by atoms with Crippen LogP contribution in [0.5, 0.6) is 0 Å². The van der Waals surface area contributed by atoms with Gasteiger partial charge < -0.3 is 5.32 Å². The van der Waals surface area contributed by atoms with Crippen molar-refractivity contribution in [3.63, 3.8) is 0 Å². The Balaban J connectivity index is 1.92. The highest BCUT2D eigenvalue weighted by Gasteiger charge is 2.35. The summed E-state index contributed by atoms with van der Waals surface area (Å²) < 4.78 is 30.0. The van der Waals surface area contributed by atoms with E-state index in [1.54, 1.807) is 32.0 Å². The molecule has 1 heterocycles. The maximum absolute atomic E-state index is 14.9. The van der Waals surface area contributed by atoms with E-state index in [4.69, 9.17) is 0 Å². The van der Waals surface area contributed by atoms with Crippen LogP contribution in [0.15, 0.2) is 70.6 Å². The van der Waals surface area contributed by atoms with Crippen LogP contribution < -0.4 is 10.9 Å². The third-order valence-corrected chi connectivity index (χ3v) is 6.10. The number of benzene rings is 2. The van der Waals surface area contributed by atoms with Gasteiger partial charge in [-0.2, -0.15) is 0 Å². The topological polar surface area (TPSA) is 63.5 Å². The Hall–Kier alpha value is -3.87. The van der Waals surface area contributed by atoms with E-state index in [0.29, 0.717) is 22.5 Å². The second kappa shape index (κ2) is 9.17. The second-order valence-electron chi connectivity index (χ2n) is 8.58. The highest BCUT2D eigenvalue weighted by molar-refractivity contribution is 6.08. The average molecular weight is 462 g/mol. The Kier molecular flexibility index (Phi) is 6.28. The van der Waals surface area contributed by atoms with E-state index in [2.05, 4.69) is 23.6 Å². The molecule has 0 aliphatic heterocycles. The van der Waals surface area contributed by atoms with Crippen molar-refractivity contribution < 1.29 is 13.6 Å². The number of hydrogen-bond acceptors (Lipinski definition) is 3. The third kappa shape index (κ3) is 4.21. The van der Waals surface area contributed by atoms with Crippen LogP contribution in [0, 0.1) is 24.5 Å². The zero-order valence-corrected chi connectivity index (χ0v) is 19.1. The zero-order valence-electron chi connectivity index (χ0n) is 19.1. The van der Waals surface area contributed by atoms with Crippen LogP contribution in [0.2, 0.25) is 0 Å². The number of nitrogens with zero attached hydrogens (tertiary/aromatic N) is 2. The van der Waals surface area contributed by atoms with Gasteiger partial charge in [-0.25, -0.2) is 8.78 Å². The van der Waals surface area contributed by atoms with Crippen LogP contribution >= 0.6 is 0 Å². The van der Waals surface area contributed by atoms with Crippen molar-refractivity contribution in [3.05, 3.63) is 99.6 Å². The number of carbonyl (C=O) groups is 1. The van der Waals surface area contributed by atoms with Crippen LogP contribution in [-0.4, -0.2) is 17.2 Å². The number of aromatic nitrogens is 1. The number of aliphatic imine (C=N–C) groups is 1. The molecule has 0 bridgehead atoms. The van der Waals surface area contributed by atoms with Crippen molar-refractivity contribution in [3.8, 4) is 0 Å². The number of hydrogen-bond donors (Lipinski definition) is 1. The maximum Gasteiger partial charge on any atom is 0.266 e. The predicted octanol–water partition coefficient (Wildman–Crippen LogP) is 5.54. The molecule has 0 radical (unpaired) electrons. The molecule has 1 atom stereocenters. The largest absolute Gasteiger partial charge is 0.345 e. The molecule has 0 unspecified atom stereocenters. The van der Waals surface area contributed by atoms with Gasteiger partial charge in [0.2, 0.25) is 0 Å². The molecule has 1 amide bonds. The van der Waals surface area contributed by atoms with Crippen molar-refractivity contribution in [1.29, 1.82) is 0 Å². The predicted molar refractivity (Wildman–Crippen MR) is 131 cm³/mol. The zero-order chi connectivity index (χ0) is 24.6. The van der Waals surface area contributed by atoms with Gasteiger partial charge in [0, 0.05) is 11.1 Å². The van der Waals surface area contributed by atoms with Gasteiger partial charge in [0.1, 0.15) is 11.6 Å². The lowest BCUT2D eigenvalue weighted by Gasteiger charge is -2.23. The van der Waals surface area contributed by atoms with Crippen molar-refractivity contribution in [2.45, 2.75) is 32.7 Å². The first-order valence-corrected chi connectivity index (χ1v) is 11.0. The number of allylic oxidation sites excluding steroid dienone is 2. The molecule has 1 N–H and O–H groups in total. The summed E-state index contributed by atoms with van der Waals surface area (Å²) >= 11 is 0. The Labute approximate surface area is 196 Å². The van der Waals surface area contributed by atoms with Crippen LogP contribution in [-0.2, 0) is 0 Å². The molecule has 1 aliphatic carbocycles. The van der Waals surface area contributed by atoms with E-state index in [1.165, 1.54) is 35.0 Å². The molecular weight excluding hydrogens is 436 g/mol. The van der Waals surface area contributed by atoms with Crippen LogP contribution in [0.3, 0.4) is 0 Å². The monoisotopic (exact) mass is 461 g/mol. The summed E-state index contributed by atoms with van der Waals surface area (Å²) in [5.41, 5.74) is 1.31. The van der Waals surface area contributed by atoms with Crippen molar-refractivity contribution in [1.82, 2.24) is 9.88 Å². The van der Waals surface area contributed by atoms with Gasteiger partial charge in [0.05, 0.1) is 28.9 Å². The van der Waals surface area contributed by atoms with Gasteiger partial charge in [0.25, 0.3) is 11.5 Å². The molecule has 1 saturated carbocycles. The number of pyridine rings is 1. The summed E-state index contributed by atoms with van der Waals surface area (Å²) in [6, 6.07) is 9.93. The van der Waals surface area contributed by atoms with Crippen LogP contribution in [0.25, 0.3) is 16.5 Å². The van der Waals surface area contributed by atoms with E-state index in [9.17, 15) is 18.4 Å². The molecular formula is C27H25F2N3O2. The quantitative estimate of drug-likeness (QED) is 0.371. The summed E-state index contributed by atoms with van der Waals surface area (Å²) in [6.07, 6.45) is 3.16. The minimum absolute atomic E-state index is 0.160. The standard InChI is InChI=1S/C27H25F2N3O2/c1-15(2)22(14-30-4)32-16(3)23(20-9-6-10-21(29)24(20)27(32)34)26(33)31-25(17-11-12-17)18-7-5-8-19(28)13-18/h5-10,13-14,17,25H,1,4,11-12H2,2-3H3,(H,31,33)/b22-14+/t25-/m0/s1. The molecule has 0 saturated heterocycles. The number of carbonyl (C=O) groups excluding carboxylic acids is 1. The molecule has 0 spiro atoms. The minimum atomic E-state index is -0.734. The number of fused-ring (bicyclic) bond motifs is 1. The van der Waals surface area contributed by atoms with Gasteiger partial charge in [-0.05, 0) is 68.7 Å². The first-order chi connectivity index (χ1) is 16.2. The molecule has 2 aromatic carbocycles. The third-order valence-electron chi connectivity index (χ3n) is 6.10. The smallest absolute Gasteiger partial charge is 0.266 e. The lowest BCUT2D eigenvalue weighted by molar-refractivity contribution is 0.0932. The summed E-state index contributed by atoms with van der Waals surface area (Å²) in [5, 5.41) is 3.02. The van der Waals surface area contributed by atoms with E-state index in [0.717, 1.165) is 12.8 Å². The van der Waals surface area contributed by atoms with E-state index in [-0.39, 0.29) is 28.1 Å². The molecule has 7 heteroatoms. The molecule has 1 fully saturated rings. The summed E-state index contributed by atoms with van der Waals surface area (Å²) in [7, 11) is 0. The fourth-order valence-electron chi connectivity index (χ4n) is 4.36. The first-order valence-electron chi connectivity index (χ1n) is 11.0. The number of nitrogens with one attached hydrogen (secondary N) is 1. The first kappa shape index (κ1) is 23.3. The van der Waals surface area contributed by atoms with E-state index < -0.39 is 23.3 Å². The van der Waals surface area contributed by atoms with E-state index in [1.807, 2.05) is 0 Å². The Morgan fingerprint density at radius 3 is 2.56 bits per heavy atom. The summed E-state index contributed by atoms with van der Waals surface area (Å²) in [6.45, 7) is 10.6. The van der Waals surface area contributed by atoms with Crippen LogP contribution in [0.1, 0.15) is 47.4 Å². The minimum Gasteiger partial charge on any atom is -0.345 e. The lowest BCUT2D eigenvalue weighted by atomic mass is 9.99. The number of halogens is 2. The number of rotatable bonds is 7. The van der Waals surface area contributed by atoms with Gasteiger partial charge >= 0.3 is 0 Å². The number of amides is 1. The molecule has 4 rings (SSSR count). The summed E-state index contributed by atoms with van der Waals surface area (Å²) in [5.74, 6) is -1.42. The van der Waals surface area contributed by atoms with Gasteiger partial charge in [0.15, 0.2) is 0 Å². The normalized spacial score (nSPS) is 14.6. The molecule has 34 heavy (non-hydrogen) atoms. The SMILES string of the molecule is C=N/C=C(\C(=C)C)n1c(C)c(C(=O)N[C@H](c2cccc(F)c2)C2CC2)c2cccc(F)c2c1=O. The van der Waals surface area contributed by atoms with Gasteiger partial charge in [-0.3, -0.25) is 19.1 Å². The fourth-order valence-corrected chi connectivity index (χ4v) is 4.36. The van der Waals surface area contributed by atoms with Gasteiger partial charge in [-0.15, -0.1) is 0 Å². The fraction of sp³-hybridized carbons (Fsp3) is 0.222. The van der Waals surface area contributed by atoms with Crippen LogP contribution in [0.4, 0.5) is 8.78 Å². The second-order valence-corrected chi connectivity index (χ2v) is 8.58. The molecule has 174 valence electrons. The van der Waals surface area contributed by atoms with Crippen molar-refractivity contribution in [2.24, 2.45) is 10.9 Å². The average Bonchev–Trinajstić information content (AvgIpc) is 3.62. The van der Waals surface area contributed by atoms with Crippen molar-refractivity contribution in [2.75, 3.05) is 0 Å². The molecule has 1 aromatic heterocycles. The Bertz CT molecular complexity index is 1420. The molecule has 5 nitrogen and oxygen atoms in total. The Morgan fingerprint density at radius 2 is 1.94 bits per heavy atom. The molecule has 1 aliphatic rings. The molecule has 3 aromatic rings. The highest BCUT2D eigenvalue weighted by atomic mass is 19.1. The summed E-state index contributed by atoms with van der Waals surface area (Å²) in [4.78, 5) is 30.8. The highest BCUT2D eigenvalue weighted by Crippen LogP contribution is 2.41. The van der Waals surface area contributed by atoms with E-state index >= 15 is 0 Å². The van der Waals surface area contributed by atoms with Gasteiger partial charge in [-0.1, -0.05) is 30.8 Å².